The predicted octanol–water partition coefficient (Wildman–Crippen LogP) is 1.05. The van der Waals surface area contributed by atoms with Gasteiger partial charge in [0.2, 0.25) is 5.91 Å². The van der Waals surface area contributed by atoms with Crippen molar-refractivity contribution in [3.63, 3.8) is 0 Å². The van der Waals surface area contributed by atoms with E-state index in [-0.39, 0.29) is 12.5 Å². The minimum Gasteiger partial charge on any atom is -0.464 e. The molecule has 20 heavy (non-hydrogen) atoms. The normalized spacial score (nSPS) is 20.9. The molecule has 106 valence electrons. The summed E-state index contributed by atoms with van der Waals surface area (Å²) in [5, 5.41) is 10.7. The van der Waals surface area contributed by atoms with Crippen molar-refractivity contribution in [2.45, 2.75) is 32.4 Å². The maximum atomic E-state index is 12.0. The van der Waals surface area contributed by atoms with E-state index in [9.17, 15) is 4.79 Å². The largest absolute Gasteiger partial charge is 0.464 e. The second kappa shape index (κ2) is 5.07. The maximum Gasteiger partial charge on any atom is 0.244 e. The van der Waals surface area contributed by atoms with Crippen molar-refractivity contribution in [1.29, 1.82) is 0 Å². The third-order valence-electron chi connectivity index (χ3n) is 3.66. The summed E-state index contributed by atoms with van der Waals surface area (Å²) in [4.78, 5) is 13.6. The van der Waals surface area contributed by atoms with E-state index >= 15 is 0 Å². The molecule has 1 aliphatic rings. The molecule has 1 saturated carbocycles. The molecule has 0 N–H and O–H groups in total. The molecule has 2 aromatic rings. The van der Waals surface area contributed by atoms with Crippen LogP contribution in [0.4, 0.5) is 0 Å². The number of likely N-dealkylation sites (N-methyl/N-ethyl adjacent to an activating group) is 1. The van der Waals surface area contributed by atoms with Gasteiger partial charge in [-0.3, -0.25) is 4.79 Å². The number of hydrogen-bond donors (Lipinski definition) is 0. The number of aromatic nitrogens is 4. The Bertz CT molecular complexity index is 592. The van der Waals surface area contributed by atoms with E-state index in [0.29, 0.717) is 18.4 Å². The minimum absolute atomic E-state index is 0.0601. The van der Waals surface area contributed by atoms with E-state index in [1.54, 1.807) is 11.9 Å². The molecule has 0 saturated heterocycles. The summed E-state index contributed by atoms with van der Waals surface area (Å²) in [6.07, 6.45) is 2.62. The van der Waals surface area contributed by atoms with Gasteiger partial charge in [-0.2, -0.15) is 0 Å². The molecule has 2 aromatic heterocycles. The van der Waals surface area contributed by atoms with Gasteiger partial charge in [0.15, 0.2) is 0 Å². The van der Waals surface area contributed by atoms with Gasteiger partial charge in [0.25, 0.3) is 0 Å². The van der Waals surface area contributed by atoms with Gasteiger partial charge in [-0.05, 0) is 34.9 Å². The molecule has 1 amide bonds. The molecule has 7 nitrogen and oxygen atoms in total. The molecule has 3 rings (SSSR count). The summed E-state index contributed by atoms with van der Waals surface area (Å²) >= 11 is 0. The maximum absolute atomic E-state index is 12.0. The van der Waals surface area contributed by atoms with E-state index in [0.717, 1.165) is 11.5 Å². The van der Waals surface area contributed by atoms with Crippen molar-refractivity contribution in [3.8, 4) is 0 Å². The number of rotatable bonds is 5. The topological polar surface area (TPSA) is 77.1 Å². The van der Waals surface area contributed by atoms with Gasteiger partial charge in [0.1, 0.15) is 24.4 Å². The van der Waals surface area contributed by atoms with Gasteiger partial charge < -0.3 is 9.32 Å². The Hall–Kier alpha value is -2.18. The molecular weight excluding hydrogens is 258 g/mol. The van der Waals surface area contributed by atoms with Crippen LogP contribution in [0.1, 0.15) is 30.8 Å². The first kappa shape index (κ1) is 12.8. The first-order valence-electron chi connectivity index (χ1n) is 6.67. The fourth-order valence-electron chi connectivity index (χ4n) is 2.23. The minimum atomic E-state index is -0.0601. The first-order chi connectivity index (χ1) is 9.63. The van der Waals surface area contributed by atoms with Crippen molar-refractivity contribution in [3.05, 3.63) is 30.0 Å². The van der Waals surface area contributed by atoms with Crippen LogP contribution in [0, 0.1) is 5.92 Å². The van der Waals surface area contributed by atoms with Crippen LogP contribution in [-0.4, -0.2) is 38.1 Å². The molecule has 0 bridgehead atoms. The van der Waals surface area contributed by atoms with Gasteiger partial charge >= 0.3 is 0 Å². The van der Waals surface area contributed by atoms with Crippen LogP contribution < -0.4 is 0 Å². The van der Waals surface area contributed by atoms with Crippen LogP contribution in [0.3, 0.4) is 0 Å². The number of hydrogen-bond acceptors (Lipinski definition) is 5. The Balaban J connectivity index is 1.56. The number of furan rings is 1. The van der Waals surface area contributed by atoms with E-state index in [1.165, 1.54) is 17.4 Å². The molecule has 0 radical (unpaired) electrons. The molecule has 0 spiro atoms. The van der Waals surface area contributed by atoms with E-state index in [4.69, 9.17) is 4.42 Å². The Morgan fingerprint density at radius 3 is 3.00 bits per heavy atom. The molecule has 7 heteroatoms. The van der Waals surface area contributed by atoms with Crippen molar-refractivity contribution < 1.29 is 9.21 Å². The van der Waals surface area contributed by atoms with Gasteiger partial charge in [0.05, 0.1) is 6.54 Å². The number of carbonyl (C=O) groups is 1. The molecule has 0 aromatic carbocycles. The van der Waals surface area contributed by atoms with Crippen molar-refractivity contribution >= 4 is 5.91 Å². The molecule has 1 aliphatic carbocycles. The summed E-state index contributed by atoms with van der Waals surface area (Å²) in [7, 11) is 1.74. The fourth-order valence-corrected chi connectivity index (χ4v) is 2.23. The zero-order valence-electron chi connectivity index (χ0n) is 11.6. The summed E-state index contributed by atoms with van der Waals surface area (Å²) < 4.78 is 7.19. The Morgan fingerprint density at radius 2 is 2.35 bits per heavy atom. The predicted molar refractivity (Wildman–Crippen MR) is 69.5 cm³/mol. The highest BCUT2D eigenvalue weighted by Crippen LogP contribution is 2.47. The van der Waals surface area contributed by atoms with E-state index in [1.807, 2.05) is 12.1 Å². The first-order valence-corrected chi connectivity index (χ1v) is 6.67. The summed E-state index contributed by atoms with van der Waals surface area (Å²) in [6.45, 7) is 2.81. The zero-order valence-corrected chi connectivity index (χ0v) is 11.6. The average molecular weight is 275 g/mol. The molecule has 2 atom stereocenters. The van der Waals surface area contributed by atoms with E-state index in [2.05, 4.69) is 22.4 Å². The van der Waals surface area contributed by atoms with Crippen molar-refractivity contribution in [2.75, 3.05) is 7.05 Å². The van der Waals surface area contributed by atoms with Gasteiger partial charge in [-0.1, -0.05) is 6.92 Å². The summed E-state index contributed by atoms with van der Waals surface area (Å²) in [6, 6.07) is 3.96. The van der Waals surface area contributed by atoms with Crippen LogP contribution in [0.15, 0.2) is 22.9 Å². The highest BCUT2D eigenvalue weighted by Gasteiger charge is 2.36. The lowest BCUT2D eigenvalue weighted by Gasteiger charge is -2.15. The van der Waals surface area contributed by atoms with Crippen molar-refractivity contribution in [1.82, 2.24) is 25.1 Å². The summed E-state index contributed by atoms with van der Waals surface area (Å²) in [5.74, 6) is 3.06. The Kier molecular flexibility index (Phi) is 3.25. The SMILES string of the molecule is C[C@H]1C[C@H]1c1ccc(CN(C)C(=O)Cn2cnnn2)o1. The molecule has 0 aliphatic heterocycles. The van der Waals surface area contributed by atoms with Gasteiger partial charge in [0, 0.05) is 13.0 Å². The number of carbonyl (C=O) groups excluding carboxylic acids is 1. The number of nitrogens with zero attached hydrogens (tertiary/aromatic N) is 5. The van der Waals surface area contributed by atoms with Crippen LogP contribution in [0.5, 0.6) is 0 Å². The van der Waals surface area contributed by atoms with Crippen LogP contribution in [0.2, 0.25) is 0 Å². The number of tetrazole rings is 1. The van der Waals surface area contributed by atoms with Crippen LogP contribution in [-0.2, 0) is 17.9 Å². The quantitative estimate of drug-likeness (QED) is 0.815. The Labute approximate surface area is 116 Å². The smallest absolute Gasteiger partial charge is 0.244 e. The lowest BCUT2D eigenvalue weighted by Crippen LogP contribution is -2.29. The monoisotopic (exact) mass is 275 g/mol. The van der Waals surface area contributed by atoms with Crippen LogP contribution in [0.25, 0.3) is 0 Å². The number of amides is 1. The Morgan fingerprint density at radius 1 is 1.55 bits per heavy atom. The lowest BCUT2D eigenvalue weighted by atomic mass is 10.3. The molecular formula is C13H17N5O2. The zero-order chi connectivity index (χ0) is 14.1. The van der Waals surface area contributed by atoms with Crippen molar-refractivity contribution in [2.24, 2.45) is 5.92 Å². The highest BCUT2D eigenvalue weighted by molar-refractivity contribution is 5.75. The molecule has 1 fully saturated rings. The molecule has 2 heterocycles. The van der Waals surface area contributed by atoms with Gasteiger partial charge in [-0.25, -0.2) is 4.68 Å². The van der Waals surface area contributed by atoms with E-state index < -0.39 is 0 Å². The second-order valence-electron chi connectivity index (χ2n) is 5.38. The third kappa shape index (κ3) is 2.71. The standard InChI is InChI=1S/C13H17N5O2/c1-9-5-11(9)12-4-3-10(20-12)6-17(2)13(19)7-18-8-14-15-16-18/h3-4,8-9,11H,5-7H2,1-2H3/t9-,11+/m0/s1. The lowest BCUT2D eigenvalue weighted by molar-refractivity contribution is -0.131. The molecule has 0 unspecified atom stereocenters. The highest BCUT2D eigenvalue weighted by atomic mass is 16.3. The third-order valence-corrected chi connectivity index (χ3v) is 3.66. The average Bonchev–Trinajstić information content (AvgIpc) is 2.87. The van der Waals surface area contributed by atoms with Crippen LogP contribution >= 0.6 is 0 Å². The fraction of sp³-hybridized carbons (Fsp3) is 0.538. The summed E-state index contributed by atoms with van der Waals surface area (Å²) in [5.41, 5.74) is 0. The van der Waals surface area contributed by atoms with Gasteiger partial charge in [-0.15, -0.1) is 5.10 Å². The second-order valence-corrected chi connectivity index (χ2v) is 5.38.